The van der Waals surface area contributed by atoms with Crippen LogP contribution in [0.25, 0.3) is 0 Å². The van der Waals surface area contributed by atoms with E-state index in [4.69, 9.17) is 4.74 Å². The van der Waals surface area contributed by atoms with E-state index in [1.165, 1.54) is 30.7 Å². The lowest BCUT2D eigenvalue weighted by Crippen LogP contribution is -2.08. The van der Waals surface area contributed by atoms with E-state index in [-0.39, 0.29) is 12.3 Å². The van der Waals surface area contributed by atoms with Crippen molar-refractivity contribution in [3.8, 4) is 0 Å². The zero-order chi connectivity index (χ0) is 14.6. The number of hydrogen-bond acceptors (Lipinski definition) is 4. The predicted octanol–water partition coefficient (Wildman–Crippen LogP) is 2.85. The molecule has 0 saturated heterocycles. The zero-order valence-corrected chi connectivity index (χ0v) is 10.1. The van der Waals surface area contributed by atoms with Gasteiger partial charge in [0.1, 0.15) is 6.61 Å². The largest absolute Gasteiger partial charge is 0.456 e. The second kappa shape index (κ2) is 5.68. The Bertz CT molecular complexity index is 583. The highest BCUT2D eigenvalue weighted by Crippen LogP contribution is 2.29. The van der Waals surface area contributed by atoms with Crippen LogP contribution < -0.4 is 0 Å². The molecule has 0 aliphatic heterocycles. The van der Waals surface area contributed by atoms with Crippen LogP contribution in [0.4, 0.5) is 13.2 Å². The van der Waals surface area contributed by atoms with E-state index in [2.05, 4.69) is 9.97 Å². The van der Waals surface area contributed by atoms with Crippen molar-refractivity contribution in [1.82, 2.24) is 9.97 Å². The van der Waals surface area contributed by atoms with Crippen LogP contribution >= 0.6 is 0 Å². The average Bonchev–Trinajstić information content (AvgIpc) is 2.45. The van der Waals surface area contributed by atoms with E-state index >= 15 is 0 Å². The first-order chi connectivity index (χ1) is 9.47. The lowest BCUT2D eigenvalue weighted by molar-refractivity contribution is -0.137. The number of alkyl halides is 3. The molecule has 0 unspecified atom stereocenters. The first-order valence-electron chi connectivity index (χ1n) is 5.56. The summed E-state index contributed by atoms with van der Waals surface area (Å²) in [6.07, 6.45) is -0.384. The topological polar surface area (TPSA) is 52.1 Å². The number of esters is 1. The molecule has 0 saturated carbocycles. The van der Waals surface area contributed by atoms with Crippen LogP contribution in [0.2, 0.25) is 0 Å². The number of ether oxygens (including phenoxy) is 1. The number of aromatic nitrogens is 2. The van der Waals surface area contributed by atoms with Gasteiger partial charge in [0.25, 0.3) is 0 Å². The molecule has 4 nitrogen and oxygen atoms in total. The number of carbonyl (C=O) groups excluding carboxylic acids is 1. The number of benzene rings is 1. The molecule has 0 fully saturated rings. The van der Waals surface area contributed by atoms with Gasteiger partial charge < -0.3 is 4.74 Å². The summed E-state index contributed by atoms with van der Waals surface area (Å²) >= 11 is 0. The summed E-state index contributed by atoms with van der Waals surface area (Å²) in [4.78, 5) is 19.0. The van der Waals surface area contributed by atoms with E-state index in [9.17, 15) is 18.0 Å². The Morgan fingerprint density at radius 2 is 1.85 bits per heavy atom. The Kier molecular flexibility index (Phi) is 3.97. The second-order valence-corrected chi connectivity index (χ2v) is 3.86. The fraction of sp³-hybridized carbons (Fsp3) is 0.154. The number of rotatable bonds is 3. The van der Waals surface area contributed by atoms with Gasteiger partial charge in [-0.25, -0.2) is 9.78 Å². The number of halogens is 3. The Morgan fingerprint density at radius 1 is 1.15 bits per heavy atom. The third-order valence-electron chi connectivity index (χ3n) is 2.42. The molecule has 20 heavy (non-hydrogen) atoms. The molecule has 1 aromatic heterocycles. The summed E-state index contributed by atoms with van der Waals surface area (Å²) in [6, 6.07) is 4.39. The Hall–Kier alpha value is -2.44. The van der Waals surface area contributed by atoms with Gasteiger partial charge in [-0.15, -0.1) is 0 Å². The van der Waals surface area contributed by atoms with E-state index < -0.39 is 17.7 Å². The van der Waals surface area contributed by atoms with Crippen LogP contribution in [0.3, 0.4) is 0 Å². The highest BCUT2D eigenvalue weighted by Gasteiger charge is 2.29. The molecular weight excluding hydrogens is 273 g/mol. The first-order valence-corrected chi connectivity index (χ1v) is 5.56. The molecule has 104 valence electrons. The van der Waals surface area contributed by atoms with E-state index in [0.717, 1.165) is 12.1 Å². The van der Waals surface area contributed by atoms with Crippen molar-refractivity contribution in [1.29, 1.82) is 0 Å². The third kappa shape index (κ3) is 3.53. The van der Waals surface area contributed by atoms with Crippen molar-refractivity contribution in [3.63, 3.8) is 0 Å². The summed E-state index contributed by atoms with van der Waals surface area (Å²) in [5.74, 6) is -0.682. The number of nitrogens with zero attached hydrogens (tertiary/aromatic N) is 2. The van der Waals surface area contributed by atoms with Crippen molar-refractivity contribution in [2.45, 2.75) is 12.8 Å². The SMILES string of the molecule is O=C(OCc1ccc(C(F)(F)F)cc1)c1cnccn1. The van der Waals surface area contributed by atoms with Gasteiger partial charge in [0.15, 0.2) is 5.69 Å². The van der Waals surface area contributed by atoms with Crippen molar-refractivity contribution in [2.24, 2.45) is 0 Å². The van der Waals surface area contributed by atoms with Crippen LogP contribution in [0.1, 0.15) is 21.6 Å². The van der Waals surface area contributed by atoms with Gasteiger partial charge in [0, 0.05) is 12.4 Å². The molecule has 1 heterocycles. The molecule has 0 amide bonds. The second-order valence-electron chi connectivity index (χ2n) is 3.86. The van der Waals surface area contributed by atoms with Crippen molar-refractivity contribution >= 4 is 5.97 Å². The summed E-state index contributed by atoms with van der Waals surface area (Å²) in [7, 11) is 0. The summed E-state index contributed by atoms with van der Waals surface area (Å²) in [5, 5.41) is 0. The maximum atomic E-state index is 12.4. The summed E-state index contributed by atoms with van der Waals surface area (Å²) < 4.78 is 42.0. The molecule has 2 aromatic rings. The van der Waals surface area contributed by atoms with Gasteiger partial charge in [0.2, 0.25) is 0 Å². The van der Waals surface area contributed by atoms with Crippen LogP contribution in [-0.4, -0.2) is 15.9 Å². The monoisotopic (exact) mass is 282 g/mol. The molecule has 2 rings (SSSR count). The molecule has 7 heteroatoms. The van der Waals surface area contributed by atoms with Crippen LogP contribution in [0.5, 0.6) is 0 Å². The smallest absolute Gasteiger partial charge is 0.416 e. The Balaban J connectivity index is 1.96. The predicted molar refractivity (Wildman–Crippen MR) is 62.6 cm³/mol. The molecule has 0 atom stereocenters. The van der Waals surface area contributed by atoms with Gasteiger partial charge in [-0.1, -0.05) is 12.1 Å². The number of hydrogen-bond donors (Lipinski definition) is 0. The van der Waals surface area contributed by atoms with E-state index in [0.29, 0.717) is 5.56 Å². The van der Waals surface area contributed by atoms with Gasteiger partial charge in [-0.2, -0.15) is 13.2 Å². The minimum absolute atomic E-state index is 0.0411. The quantitative estimate of drug-likeness (QED) is 0.812. The maximum absolute atomic E-state index is 12.4. The molecule has 1 aromatic carbocycles. The zero-order valence-electron chi connectivity index (χ0n) is 10.1. The third-order valence-corrected chi connectivity index (χ3v) is 2.42. The molecular formula is C13H9F3N2O2. The molecule has 0 aliphatic rings. The standard InChI is InChI=1S/C13H9F3N2O2/c14-13(15,16)10-3-1-9(2-4-10)8-20-12(19)11-7-17-5-6-18-11/h1-7H,8H2. The summed E-state index contributed by atoms with van der Waals surface area (Å²) in [6.45, 7) is -0.131. The average molecular weight is 282 g/mol. The Labute approximate surface area is 112 Å². The fourth-order valence-electron chi connectivity index (χ4n) is 1.42. The Morgan fingerprint density at radius 3 is 2.40 bits per heavy atom. The molecule has 0 aliphatic carbocycles. The fourth-order valence-corrected chi connectivity index (χ4v) is 1.42. The first kappa shape index (κ1) is 14.0. The van der Waals surface area contributed by atoms with E-state index in [1.54, 1.807) is 0 Å². The molecule has 0 spiro atoms. The summed E-state index contributed by atoms with van der Waals surface area (Å²) in [5.41, 5.74) is -0.254. The van der Waals surface area contributed by atoms with Crippen LogP contribution in [0, 0.1) is 0 Å². The highest BCUT2D eigenvalue weighted by atomic mass is 19.4. The molecule has 0 N–H and O–H groups in total. The lowest BCUT2D eigenvalue weighted by atomic mass is 10.1. The minimum Gasteiger partial charge on any atom is -0.456 e. The lowest BCUT2D eigenvalue weighted by Gasteiger charge is -2.08. The van der Waals surface area contributed by atoms with Crippen LogP contribution in [0.15, 0.2) is 42.9 Å². The molecule has 0 bridgehead atoms. The highest BCUT2D eigenvalue weighted by molar-refractivity contribution is 5.86. The van der Waals surface area contributed by atoms with E-state index in [1.807, 2.05) is 0 Å². The normalized spacial score (nSPS) is 11.2. The number of carbonyl (C=O) groups is 1. The maximum Gasteiger partial charge on any atom is 0.416 e. The van der Waals surface area contributed by atoms with Crippen molar-refractivity contribution < 1.29 is 22.7 Å². The van der Waals surface area contributed by atoms with Crippen molar-refractivity contribution in [3.05, 3.63) is 59.7 Å². The van der Waals surface area contributed by atoms with Gasteiger partial charge >= 0.3 is 12.1 Å². The van der Waals surface area contributed by atoms with Gasteiger partial charge in [-0.3, -0.25) is 4.98 Å². The van der Waals surface area contributed by atoms with Crippen molar-refractivity contribution in [2.75, 3.05) is 0 Å². The van der Waals surface area contributed by atoms with Crippen LogP contribution in [-0.2, 0) is 17.5 Å². The van der Waals surface area contributed by atoms with Gasteiger partial charge in [-0.05, 0) is 17.7 Å². The minimum atomic E-state index is -4.38. The van der Waals surface area contributed by atoms with Gasteiger partial charge in [0.05, 0.1) is 11.8 Å². The molecule has 0 radical (unpaired) electrons.